The number of alkyl halides is 2. The summed E-state index contributed by atoms with van der Waals surface area (Å²) < 4.78 is 30.4. The highest BCUT2D eigenvalue weighted by molar-refractivity contribution is 5.91. The lowest BCUT2D eigenvalue weighted by atomic mass is 9.47. The first kappa shape index (κ1) is 13.9. The Hall–Kier alpha value is -1.04. The van der Waals surface area contributed by atoms with Gasteiger partial charge in [-0.2, -0.15) is 8.78 Å². The number of esters is 1. The summed E-state index contributed by atoms with van der Waals surface area (Å²) in [4.78, 5) is 23.3. The summed E-state index contributed by atoms with van der Waals surface area (Å²) >= 11 is 0. The number of hydrogen-bond acceptors (Lipinski definition) is 4. The van der Waals surface area contributed by atoms with Crippen molar-refractivity contribution in [3.05, 3.63) is 0 Å². The first-order valence-electron chi connectivity index (χ1n) is 6.95. The van der Waals surface area contributed by atoms with Crippen LogP contribution in [0.1, 0.15) is 39.0 Å². The summed E-state index contributed by atoms with van der Waals surface area (Å²) in [6, 6.07) is 0. The van der Waals surface area contributed by atoms with E-state index in [1.807, 2.05) is 0 Å². The van der Waals surface area contributed by atoms with Crippen molar-refractivity contribution in [2.75, 3.05) is 6.61 Å². The van der Waals surface area contributed by atoms with E-state index in [0.717, 1.165) is 12.8 Å². The van der Waals surface area contributed by atoms with E-state index in [1.54, 1.807) is 0 Å². The topological polar surface area (TPSA) is 63.6 Å². The molecular weight excluding hydrogens is 270 g/mol. The fraction of sp³-hybridized carbons (Fsp3) is 0.857. The average Bonchev–Trinajstić information content (AvgIpc) is 2.30. The molecule has 0 spiro atoms. The number of hydrogen-bond donors (Lipinski definition) is 1. The monoisotopic (exact) mass is 288 g/mol. The summed E-state index contributed by atoms with van der Waals surface area (Å²) in [6.07, 6.45) is 2.73. The van der Waals surface area contributed by atoms with Gasteiger partial charge in [0.1, 0.15) is 5.60 Å². The second kappa shape index (κ2) is 4.00. The largest absolute Gasteiger partial charge is 0.461 e. The molecule has 0 saturated heterocycles. The molecule has 6 heteroatoms. The molecule has 4 rings (SSSR count). The van der Waals surface area contributed by atoms with Gasteiger partial charge in [-0.1, -0.05) is 0 Å². The lowest BCUT2D eigenvalue weighted by Crippen LogP contribution is -2.63. The van der Waals surface area contributed by atoms with Crippen molar-refractivity contribution in [1.82, 2.24) is 0 Å². The quantitative estimate of drug-likeness (QED) is 0.803. The maximum atomic E-state index is 12.8. The van der Waals surface area contributed by atoms with Crippen molar-refractivity contribution in [2.24, 2.45) is 17.3 Å². The van der Waals surface area contributed by atoms with Gasteiger partial charge < -0.3 is 9.84 Å². The molecule has 0 aromatic carbocycles. The Morgan fingerprint density at radius 3 is 2.75 bits per heavy atom. The van der Waals surface area contributed by atoms with Crippen molar-refractivity contribution >= 4 is 11.8 Å². The fourth-order valence-electron chi connectivity index (χ4n) is 4.54. The molecule has 4 aliphatic rings. The van der Waals surface area contributed by atoms with E-state index in [4.69, 9.17) is 4.74 Å². The van der Waals surface area contributed by atoms with Crippen LogP contribution in [-0.2, 0) is 14.3 Å². The summed E-state index contributed by atoms with van der Waals surface area (Å²) in [5.41, 5.74) is -1.83. The third-order valence-corrected chi connectivity index (χ3v) is 5.01. The van der Waals surface area contributed by atoms with Crippen LogP contribution in [0.5, 0.6) is 0 Å². The maximum Gasteiger partial charge on any atom is 0.376 e. The number of ether oxygens (including phenoxy) is 1. The molecular formula is C14H18F2O4. The van der Waals surface area contributed by atoms with E-state index < -0.39 is 22.9 Å². The molecule has 0 aliphatic heterocycles. The number of aliphatic hydroxyl groups is 1. The van der Waals surface area contributed by atoms with Gasteiger partial charge in [0.15, 0.2) is 5.78 Å². The van der Waals surface area contributed by atoms with E-state index in [1.165, 1.54) is 0 Å². The van der Waals surface area contributed by atoms with Gasteiger partial charge in [-0.25, -0.2) is 4.79 Å². The highest BCUT2D eigenvalue weighted by Gasteiger charge is 2.62. The first-order valence-corrected chi connectivity index (χ1v) is 6.95. The molecule has 4 bridgehead atoms. The molecule has 20 heavy (non-hydrogen) atoms. The third kappa shape index (κ3) is 2.05. The minimum atomic E-state index is -3.50. The molecule has 4 atom stereocenters. The summed E-state index contributed by atoms with van der Waals surface area (Å²) in [6.45, 7) is 0.379. The number of carbonyl (C=O) groups excluding carboxylic acids is 2. The number of ketones is 1. The Morgan fingerprint density at radius 2 is 2.15 bits per heavy atom. The molecule has 4 saturated carbocycles. The minimum Gasteiger partial charge on any atom is -0.461 e. The van der Waals surface area contributed by atoms with Crippen molar-refractivity contribution in [1.29, 1.82) is 0 Å². The van der Waals surface area contributed by atoms with Crippen LogP contribution >= 0.6 is 0 Å². The lowest BCUT2D eigenvalue weighted by Gasteiger charge is -2.58. The SMILES string of the molecule is CC(F)(F)C(=O)OCC12CC3CC(C1)C(=O)C(O)(C3)C2. The van der Waals surface area contributed by atoms with Crippen LogP contribution in [0, 0.1) is 17.3 Å². The van der Waals surface area contributed by atoms with Crippen molar-refractivity contribution in [3.63, 3.8) is 0 Å². The van der Waals surface area contributed by atoms with Gasteiger partial charge >= 0.3 is 11.9 Å². The van der Waals surface area contributed by atoms with E-state index in [0.29, 0.717) is 19.8 Å². The van der Waals surface area contributed by atoms with Crippen molar-refractivity contribution < 1.29 is 28.2 Å². The lowest BCUT2D eigenvalue weighted by molar-refractivity contribution is -0.197. The fourth-order valence-corrected chi connectivity index (χ4v) is 4.54. The van der Waals surface area contributed by atoms with Gasteiger partial charge in [0.05, 0.1) is 6.61 Å². The normalized spacial score (nSPS) is 42.9. The van der Waals surface area contributed by atoms with Crippen LogP contribution in [0.25, 0.3) is 0 Å². The molecule has 0 aromatic rings. The van der Waals surface area contributed by atoms with Crippen LogP contribution in [-0.4, -0.2) is 35.0 Å². The van der Waals surface area contributed by atoms with Crippen LogP contribution in [0.15, 0.2) is 0 Å². The Kier molecular flexibility index (Phi) is 2.78. The van der Waals surface area contributed by atoms with Gasteiger partial charge in [-0.3, -0.25) is 4.79 Å². The number of Topliss-reactive ketones (excluding diaryl/α,β-unsaturated/α-hetero) is 1. The Balaban J connectivity index is 1.74. The molecule has 4 fully saturated rings. The van der Waals surface area contributed by atoms with Gasteiger partial charge in [-0.15, -0.1) is 0 Å². The number of rotatable bonds is 3. The summed E-state index contributed by atoms with van der Waals surface area (Å²) in [5.74, 6) is -5.13. The molecule has 4 unspecified atom stereocenters. The highest BCUT2D eigenvalue weighted by atomic mass is 19.3. The van der Waals surface area contributed by atoms with Crippen molar-refractivity contribution in [2.45, 2.75) is 50.6 Å². The van der Waals surface area contributed by atoms with Gasteiger partial charge in [-0.05, 0) is 38.0 Å². The van der Waals surface area contributed by atoms with E-state index in [2.05, 4.69) is 0 Å². The molecule has 1 N–H and O–H groups in total. The first-order chi connectivity index (χ1) is 9.14. The van der Waals surface area contributed by atoms with Gasteiger partial charge in [0.25, 0.3) is 0 Å². The molecule has 0 heterocycles. The number of halogens is 2. The second-order valence-corrected chi connectivity index (χ2v) is 6.95. The zero-order chi connectivity index (χ0) is 14.8. The summed E-state index contributed by atoms with van der Waals surface area (Å²) in [5, 5.41) is 10.4. The molecule has 4 aliphatic carbocycles. The van der Waals surface area contributed by atoms with Crippen LogP contribution in [0.3, 0.4) is 0 Å². The Morgan fingerprint density at radius 1 is 1.45 bits per heavy atom. The molecule has 0 radical (unpaired) electrons. The molecule has 0 amide bonds. The molecule has 112 valence electrons. The average molecular weight is 288 g/mol. The predicted octanol–water partition coefficient (Wildman–Crippen LogP) is 1.70. The Labute approximate surface area is 115 Å². The van der Waals surface area contributed by atoms with E-state index in [-0.39, 0.29) is 30.6 Å². The minimum absolute atomic E-state index is 0.115. The predicted molar refractivity (Wildman–Crippen MR) is 64.0 cm³/mol. The zero-order valence-corrected chi connectivity index (χ0v) is 11.3. The van der Waals surface area contributed by atoms with Crippen LogP contribution in [0.4, 0.5) is 8.78 Å². The van der Waals surface area contributed by atoms with E-state index >= 15 is 0 Å². The highest BCUT2D eigenvalue weighted by Crippen LogP contribution is 2.60. The molecule has 4 nitrogen and oxygen atoms in total. The summed E-state index contributed by atoms with van der Waals surface area (Å²) in [7, 11) is 0. The Bertz CT molecular complexity index is 472. The maximum absolute atomic E-state index is 12.8. The van der Waals surface area contributed by atoms with Gasteiger partial charge in [0.2, 0.25) is 0 Å². The van der Waals surface area contributed by atoms with Gasteiger partial charge in [0, 0.05) is 18.3 Å². The number of carbonyl (C=O) groups is 2. The molecule has 0 aromatic heterocycles. The third-order valence-electron chi connectivity index (χ3n) is 5.01. The second-order valence-electron chi connectivity index (χ2n) is 6.95. The van der Waals surface area contributed by atoms with Crippen LogP contribution < -0.4 is 0 Å². The zero-order valence-electron chi connectivity index (χ0n) is 11.3. The smallest absolute Gasteiger partial charge is 0.376 e. The van der Waals surface area contributed by atoms with E-state index in [9.17, 15) is 23.5 Å². The standard InChI is InChI=1S/C14H18F2O4/c1-12(15,16)11(18)20-7-13-3-8-2-9(5-13)10(17)14(19,4-8)6-13/h8-9,19H,2-7H2,1H3. The van der Waals surface area contributed by atoms with Crippen LogP contribution in [0.2, 0.25) is 0 Å². The van der Waals surface area contributed by atoms with Crippen molar-refractivity contribution in [3.8, 4) is 0 Å².